The van der Waals surface area contributed by atoms with Crippen LogP contribution in [0.4, 0.5) is 0 Å². The molecule has 0 amide bonds. The first-order valence-corrected chi connectivity index (χ1v) is 3.82. The van der Waals surface area contributed by atoms with E-state index in [-0.39, 0.29) is 0 Å². The van der Waals surface area contributed by atoms with Crippen molar-refractivity contribution in [3.05, 3.63) is 18.6 Å². The molecule has 1 radical (unpaired) electrons. The number of allylic oxidation sites excluding steroid dienone is 2. The summed E-state index contributed by atoms with van der Waals surface area (Å²) in [5.74, 6) is 0.743. The zero-order valence-electron chi connectivity index (χ0n) is 6.19. The Hall–Kier alpha value is -0.260. The van der Waals surface area contributed by atoms with Crippen LogP contribution in [-0.2, 0) is 0 Å². The molecule has 1 aliphatic carbocycles. The van der Waals surface area contributed by atoms with Crippen LogP contribution in [0.25, 0.3) is 0 Å². The van der Waals surface area contributed by atoms with Crippen molar-refractivity contribution in [1.82, 2.24) is 0 Å². The molecule has 1 atom stereocenters. The van der Waals surface area contributed by atoms with E-state index < -0.39 is 0 Å². The average Bonchev–Trinajstić information content (AvgIpc) is 1.99. The van der Waals surface area contributed by atoms with Crippen molar-refractivity contribution in [2.45, 2.75) is 32.6 Å². The topological polar surface area (TPSA) is 0 Å². The van der Waals surface area contributed by atoms with Crippen LogP contribution in [0.2, 0.25) is 0 Å². The fourth-order valence-electron chi connectivity index (χ4n) is 1.27. The van der Waals surface area contributed by atoms with Gasteiger partial charge in [0.25, 0.3) is 0 Å². The highest BCUT2D eigenvalue weighted by Crippen LogP contribution is 2.21. The van der Waals surface area contributed by atoms with Gasteiger partial charge >= 0.3 is 0 Å². The lowest BCUT2D eigenvalue weighted by atomic mass is 9.99. The Morgan fingerprint density at radius 2 is 2.33 bits per heavy atom. The van der Waals surface area contributed by atoms with Gasteiger partial charge in [0, 0.05) is 0 Å². The van der Waals surface area contributed by atoms with E-state index in [2.05, 4.69) is 19.9 Å². The molecule has 0 N–H and O–H groups in total. The molecule has 0 spiro atoms. The van der Waals surface area contributed by atoms with Crippen molar-refractivity contribution in [2.24, 2.45) is 5.92 Å². The van der Waals surface area contributed by atoms with Crippen LogP contribution in [0.1, 0.15) is 32.6 Å². The molecule has 0 aromatic carbocycles. The Morgan fingerprint density at radius 1 is 1.56 bits per heavy atom. The molecule has 1 rings (SSSR count). The second kappa shape index (κ2) is 3.05. The third-order valence-corrected chi connectivity index (χ3v) is 2.13. The summed E-state index contributed by atoms with van der Waals surface area (Å²) in [5, 5.41) is 0. The van der Waals surface area contributed by atoms with Crippen LogP contribution in [0, 0.1) is 12.8 Å². The molecule has 0 aliphatic heterocycles. The highest BCUT2D eigenvalue weighted by molar-refractivity contribution is 5.09. The smallest absolute Gasteiger partial charge is 0.0232 e. The summed E-state index contributed by atoms with van der Waals surface area (Å²) in [6.07, 6.45) is 7.64. The van der Waals surface area contributed by atoms with Crippen molar-refractivity contribution in [3.63, 3.8) is 0 Å². The molecule has 9 heavy (non-hydrogen) atoms. The largest absolute Gasteiger partial charge is 0.0851 e. The van der Waals surface area contributed by atoms with Crippen LogP contribution < -0.4 is 0 Å². The standard InChI is InChI=1S/C9H15/c1-8-6-4-3-5-7-9(8)2/h6,9H,1,3-5,7H2,2H3. The zero-order chi connectivity index (χ0) is 6.69. The maximum atomic E-state index is 4.00. The molecule has 1 aliphatic rings. The fraction of sp³-hybridized carbons (Fsp3) is 0.667. The zero-order valence-corrected chi connectivity index (χ0v) is 6.19. The SMILES string of the molecule is [CH2]C1=CCCCCC1C. The Morgan fingerprint density at radius 3 is 3.11 bits per heavy atom. The molecular formula is C9H15. The second-order valence-electron chi connectivity index (χ2n) is 2.96. The summed E-state index contributed by atoms with van der Waals surface area (Å²) in [5.41, 5.74) is 1.35. The average molecular weight is 123 g/mol. The van der Waals surface area contributed by atoms with Crippen molar-refractivity contribution >= 4 is 0 Å². The van der Waals surface area contributed by atoms with Crippen LogP contribution in [0.3, 0.4) is 0 Å². The third-order valence-electron chi connectivity index (χ3n) is 2.13. The van der Waals surface area contributed by atoms with E-state index >= 15 is 0 Å². The van der Waals surface area contributed by atoms with E-state index in [1.807, 2.05) is 0 Å². The maximum absolute atomic E-state index is 4.00. The lowest BCUT2D eigenvalue weighted by Gasteiger charge is -2.06. The van der Waals surface area contributed by atoms with Crippen LogP contribution in [0.15, 0.2) is 11.6 Å². The maximum Gasteiger partial charge on any atom is -0.0232 e. The minimum absolute atomic E-state index is 0.743. The Labute approximate surface area is 58.0 Å². The molecule has 51 valence electrons. The third kappa shape index (κ3) is 1.85. The van der Waals surface area contributed by atoms with E-state index in [9.17, 15) is 0 Å². The van der Waals surface area contributed by atoms with Gasteiger partial charge < -0.3 is 0 Å². The lowest BCUT2D eigenvalue weighted by molar-refractivity contribution is 0.590. The van der Waals surface area contributed by atoms with Gasteiger partial charge in [-0.1, -0.05) is 25.0 Å². The molecule has 1 unspecified atom stereocenters. The number of hydrogen-bond donors (Lipinski definition) is 0. The molecule has 0 saturated heterocycles. The van der Waals surface area contributed by atoms with E-state index in [1.165, 1.54) is 31.3 Å². The fourth-order valence-corrected chi connectivity index (χ4v) is 1.27. The molecule has 0 nitrogen and oxygen atoms in total. The van der Waals surface area contributed by atoms with E-state index in [0.29, 0.717) is 0 Å². The van der Waals surface area contributed by atoms with Crippen LogP contribution >= 0.6 is 0 Å². The molecular weight excluding hydrogens is 108 g/mol. The molecule has 0 fully saturated rings. The lowest BCUT2D eigenvalue weighted by Crippen LogP contribution is -1.92. The van der Waals surface area contributed by atoms with Gasteiger partial charge in [-0.3, -0.25) is 0 Å². The van der Waals surface area contributed by atoms with E-state index in [0.717, 1.165) is 5.92 Å². The summed E-state index contributed by atoms with van der Waals surface area (Å²) in [7, 11) is 0. The van der Waals surface area contributed by atoms with Gasteiger partial charge in [-0.15, -0.1) is 0 Å². The van der Waals surface area contributed by atoms with Gasteiger partial charge in [0.2, 0.25) is 0 Å². The minimum Gasteiger partial charge on any atom is -0.0851 e. The van der Waals surface area contributed by atoms with Gasteiger partial charge in [-0.25, -0.2) is 0 Å². The summed E-state index contributed by atoms with van der Waals surface area (Å²) >= 11 is 0. The molecule has 0 aromatic heterocycles. The molecule has 0 aromatic rings. The highest BCUT2D eigenvalue weighted by atomic mass is 14.1. The molecule has 0 heterocycles. The summed E-state index contributed by atoms with van der Waals surface area (Å²) in [6, 6.07) is 0. The first kappa shape index (κ1) is 6.85. The first-order chi connectivity index (χ1) is 4.30. The number of rotatable bonds is 0. The van der Waals surface area contributed by atoms with Crippen LogP contribution in [-0.4, -0.2) is 0 Å². The quantitative estimate of drug-likeness (QED) is 0.464. The predicted octanol–water partition coefficient (Wildman–Crippen LogP) is 2.96. The van der Waals surface area contributed by atoms with Crippen molar-refractivity contribution in [1.29, 1.82) is 0 Å². The molecule has 0 saturated carbocycles. The minimum atomic E-state index is 0.743. The van der Waals surface area contributed by atoms with Crippen LogP contribution in [0.5, 0.6) is 0 Å². The summed E-state index contributed by atoms with van der Waals surface area (Å²) in [4.78, 5) is 0. The van der Waals surface area contributed by atoms with Gasteiger partial charge in [0.05, 0.1) is 0 Å². The Kier molecular flexibility index (Phi) is 2.32. The second-order valence-corrected chi connectivity index (χ2v) is 2.96. The van der Waals surface area contributed by atoms with E-state index in [4.69, 9.17) is 0 Å². The van der Waals surface area contributed by atoms with Crippen molar-refractivity contribution in [3.8, 4) is 0 Å². The molecule has 0 heteroatoms. The van der Waals surface area contributed by atoms with Crippen molar-refractivity contribution in [2.75, 3.05) is 0 Å². The Balaban J connectivity index is 2.51. The van der Waals surface area contributed by atoms with Gasteiger partial charge in [0.1, 0.15) is 0 Å². The predicted molar refractivity (Wildman–Crippen MR) is 41.1 cm³/mol. The van der Waals surface area contributed by atoms with Gasteiger partial charge in [-0.2, -0.15) is 0 Å². The highest BCUT2D eigenvalue weighted by Gasteiger charge is 2.06. The molecule has 0 bridgehead atoms. The Bertz CT molecular complexity index is 111. The van der Waals surface area contributed by atoms with Crippen molar-refractivity contribution < 1.29 is 0 Å². The number of hydrogen-bond acceptors (Lipinski definition) is 0. The monoisotopic (exact) mass is 123 g/mol. The summed E-state index contributed by atoms with van der Waals surface area (Å²) < 4.78 is 0. The van der Waals surface area contributed by atoms with Gasteiger partial charge in [0.15, 0.2) is 0 Å². The van der Waals surface area contributed by atoms with E-state index in [1.54, 1.807) is 0 Å². The van der Waals surface area contributed by atoms with Gasteiger partial charge in [-0.05, 0) is 32.1 Å². The normalized spacial score (nSPS) is 29.1. The first-order valence-electron chi connectivity index (χ1n) is 3.82. The summed E-state index contributed by atoms with van der Waals surface area (Å²) in [6.45, 7) is 6.27.